The van der Waals surface area contributed by atoms with Crippen LogP contribution < -0.4 is 10.1 Å². The molecule has 0 saturated heterocycles. The molecule has 0 bridgehead atoms. The molecule has 1 N–H and O–H groups in total. The Labute approximate surface area is 95.4 Å². The highest BCUT2D eigenvalue weighted by molar-refractivity contribution is 5.92. The molecule has 0 atom stereocenters. The van der Waals surface area contributed by atoms with Gasteiger partial charge in [0.15, 0.2) is 0 Å². The SMILES string of the molecule is C=CCNC(=O)/C=C/c1ccccc1OC. The third-order valence-electron chi connectivity index (χ3n) is 1.97. The number of hydrogen-bond donors (Lipinski definition) is 1. The van der Waals surface area contributed by atoms with Crippen molar-refractivity contribution in [2.45, 2.75) is 0 Å². The first kappa shape index (κ1) is 12.0. The van der Waals surface area contributed by atoms with E-state index >= 15 is 0 Å². The highest BCUT2D eigenvalue weighted by Gasteiger charge is 1.98. The van der Waals surface area contributed by atoms with Gasteiger partial charge in [-0.15, -0.1) is 6.58 Å². The molecule has 0 saturated carbocycles. The van der Waals surface area contributed by atoms with Gasteiger partial charge in [-0.25, -0.2) is 0 Å². The average molecular weight is 217 g/mol. The quantitative estimate of drug-likeness (QED) is 0.605. The largest absolute Gasteiger partial charge is 0.496 e. The molecule has 0 unspecified atom stereocenters. The van der Waals surface area contributed by atoms with E-state index in [9.17, 15) is 4.79 Å². The number of benzene rings is 1. The first-order valence-corrected chi connectivity index (χ1v) is 4.97. The van der Waals surface area contributed by atoms with Gasteiger partial charge in [0.05, 0.1) is 7.11 Å². The van der Waals surface area contributed by atoms with Crippen molar-refractivity contribution < 1.29 is 9.53 Å². The van der Waals surface area contributed by atoms with Crippen molar-refractivity contribution in [1.82, 2.24) is 5.32 Å². The summed E-state index contributed by atoms with van der Waals surface area (Å²) in [7, 11) is 1.60. The minimum atomic E-state index is -0.147. The zero-order valence-electron chi connectivity index (χ0n) is 9.27. The summed E-state index contributed by atoms with van der Waals surface area (Å²) in [6.45, 7) is 3.99. The fourth-order valence-electron chi connectivity index (χ4n) is 1.20. The summed E-state index contributed by atoms with van der Waals surface area (Å²) in [5.41, 5.74) is 0.874. The average Bonchev–Trinajstić information content (AvgIpc) is 2.34. The van der Waals surface area contributed by atoms with Gasteiger partial charge in [-0.3, -0.25) is 4.79 Å². The lowest BCUT2D eigenvalue weighted by atomic mass is 10.2. The molecule has 0 aliphatic rings. The Bertz CT molecular complexity index is 397. The lowest BCUT2D eigenvalue weighted by molar-refractivity contribution is -0.116. The molecule has 3 nitrogen and oxygen atoms in total. The minimum absolute atomic E-state index is 0.147. The van der Waals surface area contributed by atoms with E-state index in [4.69, 9.17) is 4.74 Å². The molecule has 84 valence electrons. The zero-order chi connectivity index (χ0) is 11.8. The molecule has 0 aromatic heterocycles. The summed E-state index contributed by atoms with van der Waals surface area (Å²) in [6, 6.07) is 7.51. The number of ether oxygens (including phenoxy) is 1. The van der Waals surface area contributed by atoms with E-state index in [0.717, 1.165) is 11.3 Å². The van der Waals surface area contributed by atoms with Crippen molar-refractivity contribution in [1.29, 1.82) is 0 Å². The van der Waals surface area contributed by atoms with Gasteiger partial charge in [0.1, 0.15) is 5.75 Å². The maximum absolute atomic E-state index is 11.3. The molecule has 0 radical (unpaired) electrons. The van der Waals surface area contributed by atoms with E-state index in [1.165, 1.54) is 6.08 Å². The molecule has 1 aromatic rings. The van der Waals surface area contributed by atoms with Crippen LogP contribution in [0.1, 0.15) is 5.56 Å². The number of para-hydroxylation sites is 1. The van der Waals surface area contributed by atoms with Crippen LogP contribution in [0.3, 0.4) is 0 Å². The number of methoxy groups -OCH3 is 1. The van der Waals surface area contributed by atoms with Crippen LogP contribution in [0.15, 0.2) is 43.0 Å². The molecule has 0 aliphatic heterocycles. The molecule has 3 heteroatoms. The molecule has 1 rings (SSSR count). The topological polar surface area (TPSA) is 38.3 Å². The Hall–Kier alpha value is -2.03. The first-order valence-electron chi connectivity index (χ1n) is 4.97. The maximum atomic E-state index is 11.3. The van der Waals surface area contributed by atoms with E-state index in [-0.39, 0.29) is 5.91 Å². The van der Waals surface area contributed by atoms with Gasteiger partial charge in [-0.05, 0) is 12.1 Å². The number of carbonyl (C=O) groups excluding carboxylic acids is 1. The van der Waals surface area contributed by atoms with Crippen LogP contribution in [-0.4, -0.2) is 19.6 Å². The molecular formula is C13H15NO2. The summed E-state index contributed by atoms with van der Waals surface area (Å²) >= 11 is 0. The monoisotopic (exact) mass is 217 g/mol. The number of amides is 1. The normalized spacial score (nSPS) is 10.1. The van der Waals surface area contributed by atoms with Crippen molar-refractivity contribution in [3.63, 3.8) is 0 Å². The number of nitrogens with one attached hydrogen (secondary N) is 1. The predicted molar refractivity (Wildman–Crippen MR) is 65.2 cm³/mol. The van der Waals surface area contributed by atoms with Crippen LogP contribution in [0, 0.1) is 0 Å². The fraction of sp³-hybridized carbons (Fsp3) is 0.154. The molecule has 0 heterocycles. The minimum Gasteiger partial charge on any atom is -0.496 e. The van der Waals surface area contributed by atoms with Crippen LogP contribution in [0.2, 0.25) is 0 Å². The Morgan fingerprint density at radius 3 is 2.94 bits per heavy atom. The molecule has 0 fully saturated rings. The highest BCUT2D eigenvalue weighted by atomic mass is 16.5. The van der Waals surface area contributed by atoms with Gasteiger partial charge in [-0.2, -0.15) is 0 Å². The third kappa shape index (κ3) is 3.61. The highest BCUT2D eigenvalue weighted by Crippen LogP contribution is 2.18. The van der Waals surface area contributed by atoms with Crippen LogP contribution in [0.25, 0.3) is 6.08 Å². The molecule has 1 aromatic carbocycles. The summed E-state index contributed by atoms with van der Waals surface area (Å²) in [5, 5.41) is 2.66. The van der Waals surface area contributed by atoms with E-state index in [1.807, 2.05) is 24.3 Å². The standard InChI is InChI=1S/C13H15NO2/c1-3-10-14-13(15)9-8-11-6-4-5-7-12(11)16-2/h3-9H,1,10H2,2H3,(H,14,15)/b9-8+. The van der Waals surface area contributed by atoms with Crippen LogP contribution in [0.5, 0.6) is 5.75 Å². The van der Waals surface area contributed by atoms with Crippen molar-refractivity contribution >= 4 is 12.0 Å². The van der Waals surface area contributed by atoms with Gasteiger partial charge < -0.3 is 10.1 Å². The third-order valence-corrected chi connectivity index (χ3v) is 1.97. The van der Waals surface area contributed by atoms with Gasteiger partial charge >= 0.3 is 0 Å². The van der Waals surface area contributed by atoms with Crippen molar-refractivity contribution in [3.8, 4) is 5.75 Å². The Morgan fingerprint density at radius 1 is 1.50 bits per heavy atom. The van der Waals surface area contributed by atoms with E-state index < -0.39 is 0 Å². The van der Waals surface area contributed by atoms with E-state index in [1.54, 1.807) is 19.3 Å². The van der Waals surface area contributed by atoms with E-state index in [0.29, 0.717) is 6.54 Å². The first-order chi connectivity index (χ1) is 7.77. The van der Waals surface area contributed by atoms with Crippen LogP contribution in [-0.2, 0) is 4.79 Å². The van der Waals surface area contributed by atoms with Gasteiger partial charge in [0.25, 0.3) is 0 Å². The summed E-state index contributed by atoms with van der Waals surface area (Å²) in [5.74, 6) is 0.598. The van der Waals surface area contributed by atoms with Crippen LogP contribution >= 0.6 is 0 Å². The number of rotatable bonds is 5. The van der Waals surface area contributed by atoms with Crippen LogP contribution in [0.4, 0.5) is 0 Å². The zero-order valence-corrected chi connectivity index (χ0v) is 9.27. The summed E-state index contributed by atoms with van der Waals surface area (Å²) in [4.78, 5) is 11.3. The number of carbonyl (C=O) groups is 1. The second-order valence-corrected chi connectivity index (χ2v) is 3.11. The molecule has 0 aliphatic carbocycles. The lowest BCUT2D eigenvalue weighted by Crippen LogP contribution is -2.20. The number of hydrogen-bond acceptors (Lipinski definition) is 2. The maximum Gasteiger partial charge on any atom is 0.244 e. The predicted octanol–water partition coefficient (Wildman–Crippen LogP) is 2.01. The second kappa shape index (κ2) is 6.45. The van der Waals surface area contributed by atoms with E-state index in [2.05, 4.69) is 11.9 Å². The molecule has 0 spiro atoms. The Balaban J connectivity index is 2.68. The van der Waals surface area contributed by atoms with Crippen molar-refractivity contribution in [2.24, 2.45) is 0 Å². The molecule has 16 heavy (non-hydrogen) atoms. The summed E-state index contributed by atoms with van der Waals surface area (Å²) < 4.78 is 5.16. The molecular weight excluding hydrogens is 202 g/mol. The Kier molecular flexibility index (Phi) is 4.86. The Morgan fingerprint density at radius 2 is 2.25 bits per heavy atom. The van der Waals surface area contributed by atoms with Gasteiger partial charge in [-0.1, -0.05) is 24.3 Å². The second-order valence-electron chi connectivity index (χ2n) is 3.11. The van der Waals surface area contributed by atoms with Gasteiger partial charge in [0, 0.05) is 18.2 Å². The summed E-state index contributed by atoms with van der Waals surface area (Å²) in [6.07, 6.45) is 4.83. The van der Waals surface area contributed by atoms with Crippen molar-refractivity contribution in [2.75, 3.05) is 13.7 Å². The van der Waals surface area contributed by atoms with Gasteiger partial charge in [0.2, 0.25) is 5.91 Å². The van der Waals surface area contributed by atoms with Crippen molar-refractivity contribution in [3.05, 3.63) is 48.6 Å². The lowest BCUT2D eigenvalue weighted by Gasteiger charge is -2.03. The molecule has 1 amide bonds. The fourth-order valence-corrected chi connectivity index (χ4v) is 1.20. The smallest absolute Gasteiger partial charge is 0.244 e.